The molecule has 1 amide bonds. The smallest absolute Gasteiger partial charge is 0.310 e. The van der Waals surface area contributed by atoms with Crippen molar-refractivity contribution in [3.63, 3.8) is 0 Å². The van der Waals surface area contributed by atoms with E-state index in [9.17, 15) is 14.9 Å². The fraction of sp³-hybridized carbons (Fsp3) is 0.0556. The highest BCUT2D eigenvalue weighted by Gasteiger charge is 2.15. The first-order valence-electron chi connectivity index (χ1n) is 7.43. The molecule has 1 N–H and O–H groups in total. The number of nitrogens with zero attached hydrogens (tertiary/aromatic N) is 1. The largest absolute Gasteiger partial charge is 0.482 e. The molecule has 0 aliphatic carbocycles. The predicted octanol–water partition coefficient (Wildman–Crippen LogP) is 4.49. The van der Waals surface area contributed by atoms with E-state index in [0.717, 1.165) is 11.3 Å². The van der Waals surface area contributed by atoms with Gasteiger partial charge in [-0.1, -0.05) is 30.3 Å². The number of nitro benzene ring substituents is 1. The first-order chi connectivity index (χ1) is 12.1. The molecule has 0 radical (unpaired) electrons. The number of ether oxygens (including phenoxy) is 1. The average molecular weight is 354 g/mol. The van der Waals surface area contributed by atoms with Gasteiger partial charge in [0.15, 0.2) is 5.75 Å². The molecule has 0 saturated carbocycles. The van der Waals surface area contributed by atoms with Crippen LogP contribution >= 0.6 is 11.3 Å². The van der Waals surface area contributed by atoms with Gasteiger partial charge < -0.3 is 10.1 Å². The molecule has 0 aliphatic rings. The van der Waals surface area contributed by atoms with Crippen molar-refractivity contribution in [2.24, 2.45) is 0 Å². The molecular formula is C18H14N2O4S. The van der Waals surface area contributed by atoms with E-state index in [0.29, 0.717) is 4.88 Å². The number of benzene rings is 2. The summed E-state index contributed by atoms with van der Waals surface area (Å²) in [5.74, 6) is 0.00197. The van der Waals surface area contributed by atoms with Crippen LogP contribution in [0, 0.1) is 10.1 Å². The lowest BCUT2D eigenvalue weighted by atomic mass is 10.3. The monoisotopic (exact) mass is 354 g/mol. The lowest BCUT2D eigenvalue weighted by Gasteiger charge is -2.05. The van der Waals surface area contributed by atoms with E-state index in [1.807, 2.05) is 30.3 Å². The summed E-state index contributed by atoms with van der Waals surface area (Å²) in [6, 6.07) is 17.1. The van der Waals surface area contributed by atoms with Gasteiger partial charge in [0.2, 0.25) is 0 Å². The standard InChI is InChI=1S/C18H14N2O4S/c21-18(19-14-6-2-1-3-7-14)17-10-13(12-25-17)11-24-16-9-5-4-8-15(16)20(22)23/h1-10,12H,11H2,(H,19,21). The van der Waals surface area contributed by atoms with Crippen LogP contribution in [0.3, 0.4) is 0 Å². The van der Waals surface area contributed by atoms with Crippen molar-refractivity contribution < 1.29 is 14.5 Å². The van der Waals surface area contributed by atoms with E-state index < -0.39 is 4.92 Å². The van der Waals surface area contributed by atoms with Crippen LogP contribution in [0.25, 0.3) is 0 Å². The molecule has 0 fully saturated rings. The Morgan fingerprint density at radius 1 is 1.12 bits per heavy atom. The van der Waals surface area contributed by atoms with Crippen LogP contribution in [0.2, 0.25) is 0 Å². The number of hydrogen-bond acceptors (Lipinski definition) is 5. The third kappa shape index (κ3) is 4.21. The first kappa shape index (κ1) is 16.7. The Hall–Kier alpha value is -3.19. The SMILES string of the molecule is O=C(Nc1ccccc1)c1cc(COc2ccccc2[N+](=O)[O-])cs1. The van der Waals surface area contributed by atoms with Crippen LogP contribution in [0.5, 0.6) is 5.75 Å². The summed E-state index contributed by atoms with van der Waals surface area (Å²) in [6.07, 6.45) is 0. The van der Waals surface area contributed by atoms with Gasteiger partial charge in [-0.15, -0.1) is 11.3 Å². The van der Waals surface area contributed by atoms with E-state index in [4.69, 9.17) is 4.74 Å². The number of thiophene rings is 1. The van der Waals surface area contributed by atoms with E-state index in [1.54, 1.807) is 29.6 Å². The third-order valence-electron chi connectivity index (χ3n) is 3.37. The van der Waals surface area contributed by atoms with Crippen molar-refractivity contribution >= 4 is 28.6 Å². The molecule has 1 aromatic heterocycles. The number of hydrogen-bond donors (Lipinski definition) is 1. The number of carbonyl (C=O) groups excluding carboxylic acids is 1. The number of nitro groups is 1. The van der Waals surface area contributed by atoms with Crippen LogP contribution in [0.15, 0.2) is 66.0 Å². The molecule has 126 valence electrons. The van der Waals surface area contributed by atoms with Crippen LogP contribution in [-0.2, 0) is 6.61 Å². The highest BCUT2D eigenvalue weighted by molar-refractivity contribution is 7.12. The normalized spacial score (nSPS) is 10.2. The van der Waals surface area contributed by atoms with Crippen molar-refractivity contribution in [1.82, 2.24) is 0 Å². The zero-order chi connectivity index (χ0) is 17.6. The molecule has 0 atom stereocenters. The zero-order valence-electron chi connectivity index (χ0n) is 13.0. The third-order valence-corrected chi connectivity index (χ3v) is 4.34. The summed E-state index contributed by atoms with van der Waals surface area (Å²) < 4.78 is 5.53. The Balaban J connectivity index is 1.64. The Bertz CT molecular complexity index is 893. The number of rotatable bonds is 6. The van der Waals surface area contributed by atoms with Crippen LogP contribution in [0.1, 0.15) is 15.2 Å². The number of carbonyl (C=O) groups is 1. The van der Waals surface area contributed by atoms with Gasteiger partial charge in [-0.05, 0) is 29.6 Å². The van der Waals surface area contributed by atoms with Crippen molar-refractivity contribution in [3.05, 3.63) is 86.6 Å². The molecule has 0 aliphatic heterocycles. The van der Waals surface area contributed by atoms with Crippen LogP contribution < -0.4 is 10.1 Å². The fourth-order valence-electron chi connectivity index (χ4n) is 2.18. The number of para-hydroxylation sites is 3. The summed E-state index contributed by atoms with van der Waals surface area (Å²) in [5, 5.41) is 15.6. The Morgan fingerprint density at radius 3 is 2.60 bits per heavy atom. The molecule has 0 unspecified atom stereocenters. The minimum Gasteiger partial charge on any atom is -0.482 e. The first-order valence-corrected chi connectivity index (χ1v) is 8.31. The maximum absolute atomic E-state index is 12.2. The van der Waals surface area contributed by atoms with Crippen molar-refractivity contribution in [3.8, 4) is 5.75 Å². The summed E-state index contributed by atoms with van der Waals surface area (Å²) in [6.45, 7) is 0.153. The molecule has 0 bridgehead atoms. The molecule has 0 saturated heterocycles. The minimum atomic E-state index is -0.484. The second kappa shape index (κ2) is 7.59. The highest BCUT2D eigenvalue weighted by Crippen LogP contribution is 2.27. The molecule has 7 heteroatoms. The maximum Gasteiger partial charge on any atom is 0.310 e. The summed E-state index contributed by atoms with van der Waals surface area (Å²) in [5.41, 5.74) is 1.42. The average Bonchev–Trinajstić information content (AvgIpc) is 3.10. The van der Waals surface area contributed by atoms with Gasteiger partial charge >= 0.3 is 5.69 Å². The molecule has 0 spiro atoms. The lowest BCUT2D eigenvalue weighted by Crippen LogP contribution is -2.09. The predicted molar refractivity (Wildman–Crippen MR) is 96.1 cm³/mol. The molecule has 2 aromatic carbocycles. The summed E-state index contributed by atoms with van der Waals surface area (Å²) >= 11 is 1.30. The second-order valence-corrected chi connectivity index (χ2v) is 6.06. The molecule has 6 nitrogen and oxygen atoms in total. The topological polar surface area (TPSA) is 81.5 Å². The molecular weight excluding hydrogens is 340 g/mol. The van der Waals surface area contributed by atoms with Gasteiger partial charge in [0.1, 0.15) is 6.61 Å². The Morgan fingerprint density at radius 2 is 1.84 bits per heavy atom. The van der Waals surface area contributed by atoms with Gasteiger partial charge in [0.05, 0.1) is 9.80 Å². The quantitative estimate of drug-likeness (QED) is 0.522. The van der Waals surface area contributed by atoms with Gasteiger partial charge in [-0.3, -0.25) is 14.9 Å². The molecule has 1 heterocycles. The Kier molecular flexibility index (Phi) is 5.06. The fourth-order valence-corrected chi connectivity index (χ4v) is 2.97. The number of anilines is 1. The van der Waals surface area contributed by atoms with Crippen molar-refractivity contribution in [2.75, 3.05) is 5.32 Å². The van der Waals surface area contributed by atoms with E-state index >= 15 is 0 Å². The number of amides is 1. The molecule has 3 aromatic rings. The van der Waals surface area contributed by atoms with Gasteiger partial charge in [-0.2, -0.15) is 0 Å². The van der Waals surface area contributed by atoms with E-state index in [2.05, 4.69) is 5.32 Å². The van der Waals surface area contributed by atoms with Gasteiger partial charge in [-0.25, -0.2) is 0 Å². The van der Waals surface area contributed by atoms with Crippen molar-refractivity contribution in [1.29, 1.82) is 0 Å². The zero-order valence-corrected chi connectivity index (χ0v) is 13.9. The van der Waals surface area contributed by atoms with E-state index in [1.165, 1.54) is 17.4 Å². The lowest BCUT2D eigenvalue weighted by molar-refractivity contribution is -0.385. The van der Waals surface area contributed by atoms with Crippen molar-refractivity contribution in [2.45, 2.75) is 6.61 Å². The van der Waals surface area contributed by atoms with Gasteiger partial charge in [0, 0.05) is 17.3 Å². The molecule has 3 rings (SSSR count). The highest BCUT2D eigenvalue weighted by atomic mass is 32.1. The Labute approximate surface area is 147 Å². The number of nitrogens with one attached hydrogen (secondary N) is 1. The van der Waals surface area contributed by atoms with Gasteiger partial charge in [0.25, 0.3) is 5.91 Å². The minimum absolute atomic E-state index is 0.0835. The maximum atomic E-state index is 12.2. The van der Waals surface area contributed by atoms with E-state index in [-0.39, 0.29) is 24.0 Å². The second-order valence-electron chi connectivity index (χ2n) is 5.15. The van der Waals surface area contributed by atoms with Crippen LogP contribution in [-0.4, -0.2) is 10.8 Å². The summed E-state index contributed by atoms with van der Waals surface area (Å²) in [7, 11) is 0. The van der Waals surface area contributed by atoms with Crippen LogP contribution in [0.4, 0.5) is 11.4 Å². The molecule has 25 heavy (non-hydrogen) atoms. The summed E-state index contributed by atoms with van der Waals surface area (Å²) in [4.78, 5) is 23.3.